The van der Waals surface area contributed by atoms with Crippen LogP contribution in [0.1, 0.15) is 18.1 Å². The topological polar surface area (TPSA) is 43.4 Å². The van der Waals surface area contributed by atoms with E-state index in [4.69, 9.17) is 9.47 Å². The van der Waals surface area contributed by atoms with Crippen molar-refractivity contribution in [2.24, 2.45) is 0 Å². The number of anilines is 1. The van der Waals surface area contributed by atoms with Gasteiger partial charge in [-0.15, -0.1) is 0 Å². The molecule has 2 aromatic rings. The minimum atomic E-state index is 0.525. The predicted octanol–water partition coefficient (Wildman–Crippen LogP) is 3.28. The van der Waals surface area contributed by atoms with Gasteiger partial charge in [0, 0.05) is 25.4 Å². The summed E-state index contributed by atoms with van der Waals surface area (Å²) in [6.07, 6.45) is 2.76. The van der Waals surface area contributed by atoms with Crippen molar-refractivity contribution in [1.29, 1.82) is 0 Å². The van der Waals surface area contributed by atoms with E-state index in [9.17, 15) is 0 Å². The number of ether oxygens (including phenoxy) is 2. The maximum Gasteiger partial charge on any atom is 0.125 e. The maximum atomic E-state index is 5.76. The summed E-state index contributed by atoms with van der Waals surface area (Å²) in [6, 6.07) is 12.1. The Morgan fingerprint density at radius 3 is 2.43 bits per heavy atom. The Morgan fingerprint density at radius 1 is 1.05 bits per heavy atom. The molecule has 0 fully saturated rings. The van der Waals surface area contributed by atoms with Crippen molar-refractivity contribution in [2.75, 3.05) is 25.6 Å². The van der Waals surface area contributed by atoms with Crippen LogP contribution in [0.3, 0.4) is 0 Å². The van der Waals surface area contributed by atoms with Gasteiger partial charge in [0.05, 0.1) is 6.61 Å². The van der Waals surface area contributed by atoms with Crippen LogP contribution in [0, 0.1) is 0 Å². The van der Waals surface area contributed by atoms with Crippen LogP contribution in [0.15, 0.2) is 42.6 Å². The third-order valence-electron chi connectivity index (χ3n) is 3.11. The molecule has 0 bridgehead atoms. The summed E-state index contributed by atoms with van der Waals surface area (Å²) >= 11 is 0. The predicted molar refractivity (Wildman–Crippen MR) is 84.8 cm³/mol. The molecule has 4 nitrogen and oxygen atoms in total. The Balaban J connectivity index is 1.84. The number of hydrogen-bond donors (Lipinski definition) is 1. The first kappa shape index (κ1) is 15.3. The zero-order valence-electron chi connectivity index (χ0n) is 12.6. The van der Waals surface area contributed by atoms with E-state index in [1.165, 1.54) is 5.56 Å². The fourth-order valence-corrected chi connectivity index (χ4v) is 1.93. The Hall–Kier alpha value is -2.07. The van der Waals surface area contributed by atoms with Crippen LogP contribution in [0.25, 0.3) is 0 Å². The molecule has 0 aliphatic rings. The van der Waals surface area contributed by atoms with Crippen molar-refractivity contribution in [2.45, 2.75) is 20.0 Å². The molecule has 0 unspecified atom stereocenters. The summed E-state index contributed by atoms with van der Waals surface area (Å²) in [4.78, 5) is 4.32. The quantitative estimate of drug-likeness (QED) is 0.808. The fourth-order valence-electron chi connectivity index (χ4n) is 1.93. The van der Waals surface area contributed by atoms with E-state index in [2.05, 4.69) is 29.4 Å². The fraction of sp³-hybridized carbons (Fsp3) is 0.353. The second-order valence-corrected chi connectivity index (χ2v) is 4.76. The first-order valence-electron chi connectivity index (χ1n) is 7.21. The van der Waals surface area contributed by atoms with Crippen molar-refractivity contribution < 1.29 is 9.47 Å². The Kier molecular flexibility index (Phi) is 6.03. The van der Waals surface area contributed by atoms with Crippen molar-refractivity contribution in [3.63, 3.8) is 0 Å². The number of aromatic nitrogens is 1. The molecule has 0 atom stereocenters. The summed E-state index contributed by atoms with van der Waals surface area (Å²) in [5.74, 6) is 1.76. The Morgan fingerprint density at radius 2 is 1.81 bits per heavy atom. The average Bonchev–Trinajstić information content (AvgIpc) is 2.53. The van der Waals surface area contributed by atoms with Gasteiger partial charge in [0.25, 0.3) is 0 Å². The van der Waals surface area contributed by atoms with E-state index in [1.807, 2.05) is 30.5 Å². The standard InChI is InChI=1S/C17H22N2O2/c1-3-18-17-9-6-15(12-19-17)13-21-16-7-4-14(5-8-16)10-11-20-2/h4-9,12H,3,10-11,13H2,1-2H3,(H,18,19). The van der Waals surface area contributed by atoms with E-state index < -0.39 is 0 Å². The second kappa shape index (κ2) is 8.27. The van der Waals surface area contributed by atoms with Crippen LogP contribution in [0.2, 0.25) is 0 Å². The van der Waals surface area contributed by atoms with E-state index in [1.54, 1.807) is 7.11 Å². The highest BCUT2D eigenvalue weighted by atomic mass is 16.5. The van der Waals surface area contributed by atoms with Crippen molar-refractivity contribution in [3.05, 3.63) is 53.7 Å². The van der Waals surface area contributed by atoms with Crippen LogP contribution >= 0.6 is 0 Å². The number of methoxy groups -OCH3 is 1. The largest absolute Gasteiger partial charge is 0.489 e. The van der Waals surface area contributed by atoms with E-state index in [0.717, 1.165) is 36.7 Å². The molecule has 0 saturated heterocycles. The van der Waals surface area contributed by atoms with Gasteiger partial charge in [0.1, 0.15) is 18.2 Å². The molecular formula is C17H22N2O2. The highest BCUT2D eigenvalue weighted by molar-refractivity contribution is 5.35. The van der Waals surface area contributed by atoms with Crippen LogP contribution in [0.5, 0.6) is 5.75 Å². The monoisotopic (exact) mass is 286 g/mol. The van der Waals surface area contributed by atoms with Gasteiger partial charge in [-0.3, -0.25) is 0 Å². The van der Waals surface area contributed by atoms with Crippen LogP contribution in [-0.2, 0) is 17.8 Å². The van der Waals surface area contributed by atoms with E-state index in [-0.39, 0.29) is 0 Å². The lowest BCUT2D eigenvalue weighted by molar-refractivity contribution is 0.202. The Labute approximate surface area is 126 Å². The zero-order valence-corrected chi connectivity index (χ0v) is 12.6. The molecule has 2 rings (SSSR count). The summed E-state index contributed by atoms with van der Waals surface area (Å²) < 4.78 is 10.8. The maximum absolute atomic E-state index is 5.76. The highest BCUT2D eigenvalue weighted by Crippen LogP contribution is 2.15. The van der Waals surface area contributed by atoms with Crippen molar-refractivity contribution in [1.82, 2.24) is 4.98 Å². The molecule has 21 heavy (non-hydrogen) atoms. The van der Waals surface area contributed by atoms with Crippen LogP contribution < -0.4 is 10.1 Å². The molecule has 0 amide bonds. The van der Waals surface area contributed by atoms with Gasteiger partial charge >= 0.3 is 0 Å². The van der Waals surface area contributed by atoms with Crippen molar-refractivity contribution in [3.8, 4) is 5.75 Å². The smallest absolute Gasteiger partial charge is 0.125 e. The third-order valence-corrected chi connectivity index (χ3v) is 3.11. The average molecular weight is 286 g/mol. The third kappa shape index (κ3) is 5.08. The van der Waals surface area contributed by atoms with Gasteiger partial charge in [-0.05, 0) is 37.1 Å². The molecular weight excluding hydrogens is 264 g/mol. The number of nitrogens with one attached hydrogen (secondary N) is 1. The normalized spacial score (nSPS) is 10.4. The molecule has 1 heterocycles. The van der Waals surface area contributed by atoms with Gasteiger partial charge in [-0.2, -0.15) is 0 Å². The number of benzene rings is 1. The molecule has 1 N–H and O–H groups in total. The lowest BCUT2D eigenvalue weighted by Gasteiger charge is -2.08. The van der Waals surface area contributed by atoms with Crippen LogP contribution in [0.4, 0.5) is 5.82 Å². The first-order valence-corrected chi connectivity index (χ1v) is 7.21. The Bertz CT molecular complexity index is 523. The minimum absolute atomic E-state index is 0.525. The molecule has 0 radical (unpaired) electrons. The summed E-state index contributed by atoms with van der Waals surface area (Å²) in [7, 11) is 1.72. The molecule has 4 heteroatoms. The molecule has 0 saturated carbocycles. The van der Waals surface area contributed by atoms with Gasteiger partial charge in [-0.1, -0.05) is 18.2 Å². The van der Waals surface area contributed by atoms with E-state index in [0.29, 0.717) is 6.61 Å². The molecule has 0 aliphatic heterocycles. The second-order valence-electron chi connectivity index (χ2n) is 4.76. The van der Waals surface area contributed by atoms with Gasteiger partial charge in [0.2, 0.25) is 0 Å². The lowest BCUT2D eigenvalue weighted by atomic mass is 10.1. The highest BCUT2D eigenvalue weighted by Gasteiger charge is 1.99. The first-order chi connectivity index (χ1) is 10.3. The van der Waals surface area contributed by atoms with Crippen LogP contribution in [-0.4, -0.2) is 25.2 Å². The number of rotatable bonds is 8. The zero-order chi connectivity index (χ0) is 14.9. The molecule has 0 spiro atoms. The SMILES string of the molecule is CCNc1ccc(COc2ccc(CCOC)cc2)cn1. The number of hydrogen-bond acceptors (Lipinski definition) is 4. The minimum Gasteiger partial charge on any atom is -0.489 e. The van der Waals surface area contributed by atoms with Gasteiger partial charge in [0.15, 0.2) is 0 Å². The summed E-state index contributed by atoms with van der Waals surface area (Å²) in [5.41, 5.74) is 2.31. The van der Waals surface area contributed by atoms with E-state index >= 15 is 0 Å². The lowest BCUT2D eigenvalue weighted by Crippen LogP contribution is -2.01. The molecule has 1 aromatic carbocycles. The van der Waals surface area contributed by atoms with Gasteiger partial charge < -0.3 is 14.8 Å². The molecule has 0 aliphatic carbocycles. The van der Waals surface area contributed by atoms with Crippen molar-refractivity contribution >= 4 is 5.82 Å². The number of nitrogens with zero attached hydrogens (tertiary/aromatic N) is 1. The van der Waals surface area contributed by atoms with Gasteiger partial charge in [-0.25, -0.2) is 4.98 Å². The number of pyridine rings is 1. The molecule has 1 aromatic heterocycles. The summed E-state index contributed by atoms with van der Waals surface area (Å²) in [6.45, 7) is 4.19. The summed E-state index contributed by atoms with van der Waals surface area (Å²) in [5, 5.41) is 3.17. The molecule has 112 valence electrons.